The molecule has 1 N–H and O–H groups in total. The zero-order chi connectivity index (χ0) is 19.7. The highest BCUT2D eigenvalue weighted by atomic mass is 19.4. The molecule has 3 aromatic rings. The Labute approximate surface area is 157 Å². The molecule has 2 aromatic heterocycles. The number of rotatable bonds is 3. The first-order valence-electron chi connectivity index (χ1n) is 8.38. The summed E-state index contributed by atoms with van der Waals surface area (Å²) in [5.74, 6) is 0.628. The van der Waals surface area contributed by atoms with Gasteiger partial charge >= 0.3 is 12.2 Å². The van der Waals surface area contributed by atoms with E-state index in [1.54, 1.807) is 18.3 Å². The molecule has 1 aliphatic heterocycles. The van der Waals surface area contributed by atoms with E-state index in [0.29, 0.717) is 30.5 Å². The molecule has 0 atom stereocenters. The quantitative estimate of drug-likeness (QED) is 0.737. The van der Waals surface area contributed by atoms with Gasteiger partial charge in [0.15, 0.2) is 0 Å². The fraction of sp³-hybridized carbons (Fsp3) is 0.222. The predicted molar refractivity (Wildman–Crippen MR) is 92.3 cm³/mol. The zero-order valence-corrected chi connectivity index (χ0v) is 14.3. The van der Waals surface area contributed by atoms with Gasteiger partial charge in [-0.15, -0.1) is 0 Å². The third-order valence-electron chi connectivity index (χ3n) is 4.29. The number of pyridine rings is 1. The second-order valence-corrected chi connectivity index (χ2v) is 6.28. The average Bonchev–Trinajstić information content (AvgIpc) is 3.10. The van der Waals surface area contributed by atoms with Gasteiger partial charge in [0, 0.05) is 25.0 Å². The van der Waals surface area contributed by atoms with Crippen LogP contribution < -0.4 is 5.32 Å². The number of likely N-dealkylation sites (tertiary alicyclic amines) is 1. The minimum atomic E-state index is -4.47. The maximum absolute atomic E-state index is 12.8. The van der Waals surface area contributed by atoms with Crippen LogP contribution in [0.15, 0.2) is 53.2 Å². The number of anilines is 1. The Morgan fingerprint density at radius 2 is 2.00 bits per heavy atom. The summed E-state index contributed by atoms with van der Waals surface area (Å²) in [5, 5.41) is 6.36. The molecule has 0 aliphatic carbocycles. The molecule has 4 rings (SSSR count). The number of nitrogens with one attached hydrogen (secondary N) is 1. The Morgan fingerprint density at radius 1 is 1.18 bits per heavy atom. The molecule has 7 nitrogen and oxygen atoms in total. The van der Waals surface area contributed by atoms with Crippen LogP contribution in [0.4, 0.5) is 23.7 Å². The fourth-order valence-electron chi connectivity index (χ4n) is 2.78. The second kappa shape index (κ2) is 6.95. The Balaban J connectivity index is 1.35. The van der Waals surface area contributed by atoms with Crippen LogP contribution >= 0.6 is 0 Å². The number of benzene rings is 1. The summed E-state index contributed by atoms with van der Waals surface area (Å²) in [5.41, 5.74) is -0.158. The first kappa shape index (κ1) is 18.0. The number of hydrogen-bond donors (Lipinski definition) is 1. The van der Waals surface area contributed by atoms with Gasteiger partial charge in [0.2, 0.25) is 11.7 Å². The van der Waals surface area contributed by atoms with Crippen molar-refractivity contribution in [3.05, 3.63) is 60.1 Å². The van der Waals surface area contributed by atoms with Crippen molar-refractivity contribution in [2.75, 3.05) is 18.4 Å². The van der Waals surface area contributed by atoms with Crippen LogP contribution in [0.1, 0.15) is 17.4 Å². The molecule has 10 heteroatoms. The van der Waals surface area contributed by atoms with E-state index in [1.165, 1.54) is 17.0 Å². The number of carbonyl (C=O) groups is 1. The van der Waals surface area contributed by atoms with Gasteiger partial charge in [-0.2, -0.15) is 18.2 Å². The molecule has 0 radical (unpaired) electrons. The highest BCUT2D eigenvalue weighted by Gasteiger charge is 2.36. The average molecular weight is 389 g/mol. The van der Waals surface area contributed by atoms with E-state index >= 15 is 0 Å². The normalized spacial score (nSPS) is 14.6. The van der Waals surface area contributed by atoms with Crippen molar-refractivity contribution < 1.29 is 22.5 Å². The molecule has 1 saturated heterocycles. The summed E-state index contributed by atoms with van der Waals surface area (Å²) < 4.78 is 43.5. The number of alkyl halides is 3. The smallest absolute Gasteiger partial charge is 0.338 e. The summed E-state index contributed by atoms with van der Waals surface area (Å²) in [6.45, 7) is 0.656. The third-order valence-corrected chi connectivity index (χ3v) is 4.29. The van der Waals surface area contributed by atoms with Gasteiger partial charge in [0.1, 0.15) is 5.69 Å². The minimum Gasteiger partial charge on any atom is -0.338 e. The van der Waals surface area contributed by atoms with E-state index < -0.39 is 17.8 Å². The number of urea groups is 1. The van der Waals surface area contributed by atoms with Gasteiger partial charge in [0.25, 0.3) is 0 Å². The lowest BCUT2D eigenvalue weighted by Crippen LogP contribution is -2.50. The van der Waals surface area contributed by atoms with Crippen LogP contribution in [-0.4, -0.2) is 39.1 Å². The molecule has 28 heavy (non-hydrogen) atoms. The lowest BCUT2D eigenvalue weighted by molar-refractivity contribution is -0.137. The van der Waals surface area contributed by atoms with E-state index in [0.717, 1.165) is 12.1 Å². The van der Waals surface area contributed by atoms with Crippen LogP contribution in [0, 0.1) is 0 Å². The van der Waals surface area contributed by atoms with Crippen molar-refractivity contribution in [2.45, 2.75) is 12.1 Å². The van der Waals surface area contributed by atoms with Crippen LogP contribution in [0.5, 0.6) is 0 Å². The molecule has 0 saturated carbocycles. The van der Waals surface area contributed by atoms with Crippen molar-refractivity contribution in [1.29, 1.82) is 0 Å². The number of carbonyl (C=O) groups excluding carboxylic acids is 1. The van der Waals surface area contributed by atoms with Crippen molar-refractivity contribution in [1.82, 2.24) is 20.0 Å². The second-order valence-electron chi connectivity index (χ2n) is 6.28. The number of halogens is 3. The molecule has 0 bridgehead atoms. The monoisotopic (exact) mass is 389 g/mol. The molecular weight excluding hydrogens is 375 g/mol. The molecule has 0 spiro atoms. The molecule has 2 amide bonds. The van der Waals surface area contributed by atoms with Gasteiger partial charge < -0.3 is 14.7 Å². The third kappa shape index (κ3) is 3.66. The van der Waals surface area contributed by atoms with Crippen LogP contribution in [0.3, 0.4) is 0 Å². The Hall–Kier alpha value is -3.43. The molecular formula is C18H14F3N5O2. The Kier molecular flexibility index (Phi) is 4.46. The number of amides is 2. The highest BCUT2D eigenvalue weighted by Crippen LogP contribution is 2.31. The molecule has 0 unspecified atom stereocenters. The van der Waals surface area contributed by atoms with Crippen molar-refractivity contribution in [3.8, 4) is 11.5 Å². The van der Waals surface area contributed by atoms with Gasteiger partial charge in [-0.25, -0.2) is 4.79 Å². The maximum Gasteiger partial charge on any atom is 0.416 e. The highest BCUT2D eigenvalue weighted by molar-refractivity contribution is 5.90. The van der Waals surface area contributed by atoms with Crippen LogP contribution in [0.2, 0.25) is 0 Å². The van der Waals surface area contributed by atoms with Crippen LogP contribution in [0.25, 0.3) is 11.5 Å². The lowest BCUT2D eigenvalue weighted by Gasteiger charge is -2.36. The predicted octanol–water partition coefficient (Wildman–Crippen LogP) is 3.78. The van der Waals surface area contributed by atoms with Gasteiger partial charge in [0.05, 0.1) is 11.5 Å². The number of nitrogens with zero attached hydrogens (tertiary/aromatic N) is 4. The standard InChI is InChI=1S/C18H14F3N5O2/c19-18(20,21)12-4-3-5-13(8-12)23-17(27)26-9-11(10-26)16-24-15(25-28-16)14-6-1-2-7-22-14/h1-8,11H,9-10H2,(H,23,27). The summed E-state index contributed by atoms with van der Waals surface area (Å²) in [4.78, 5) is 22.1. The fourth-order valence-corrected chi connectivity index (χ4v) is 2.78. The molecule has 144 valence electrons. The van der Waals surface area contributed by atoms with Crippen molar-refractivity contribution in [2.24, 2.45) is 0 Å². The molecule has 1 aliphatic rings. The van der Waals surface area contributed by atoms with Crippen LogP contribution in [-0.2, 0) is 6.18 Å². The Morgan fingerprint density at radius 3 is 2.71 bits per heavy atom. The summed E-state index contributed by atoms with van der Waals surface area (Å²) in [6.07, 6.45) is -2.85. The molecule has 1 aromatic carbocycles. The number of hydrogen-bond acceptors (Lipinski definition) is 5. The van der Waals surface area contributed by atoms with Crippen molar-refractivity contribution >= 4 is 11.7 Å². The van der Waals surface area contributed by atoms with E-state index in [1.807, 2.05) is 6.07 Å². The summed E-state index contributed by atoms with van der Waals surface area (Å²) in [6, 6.07) is 9.34. The summed E-state index contributed by atoms with van der Waals surface area (Å²) >= 11 is 0. The largest absolute Gasteiger partial charge is 0.416 e. The van der Waals surface area contributed by atoms with E-state index in [2.05, 4.69) is 20.4 Å². The first-order chi connectivity index (χ1) is 13.4. The number of aromatic nitrogens is 3. The van der Waals surface area contributed by atoms with Crippen molar-refractivity contribution in [3.63, 3.8) is 0 Å². The minimum absolute atomic E-state index is 0.0819. The van der Waals surface area contributed by atoms with Gasteiger partial charge in [-0.3, -0.25) is 4.98 Å². The SMILES string of the molecule is O=C(Nc1cccc(C(F)(F)F)c1)N1CC(c2nc(-c3ccccn3)no2)C1. The Bertz CT molecular complexity index is 984. The lowest BCUT2D eigenvalue weighted by atomic mass is 10.0. The van der Waals surface area contributed by atoms with Gasteiger partial charge in [-0.1, -0.05) is 17.3 Å². The molecule has 1 fully saturated rings. The maximum atomic E-state index is 12.8. The topological polar surface area (TPSA) is 84.2 Å². The van der Waals surface area contributed by atoms with E-state index in [9.17, 15) is 18.0 Å². The zero-order valence-electron chi connectivity index (χ0n) is 14.3. The van der Waals surface area contributed by atoms with E-state index in [-0.39, 0.29) is 11.6 Å². The first-order valence-corrected chi connectivity index (χ1v) is 8.38. The molecule has 3 heterocycles. The summed E-state index contributed by atoms with van der Waals surface area (Å²) in [7, 11) is 0. The van der Waals surface area contributed by atoms with E-state index in [4.69, 9.17) is 4.52 Å². The van der Waals surface area contributed by atoms with Gasteiger partial charge in [-0.05, 0) is 30.3 Å².